The summed E-state index contributed by atoms with van der Waals surface area (Å²) in [6.07, 6.45) is 1.88. The van der Waals surface area contributed by atoms with E-state index in [1.807, 2.05) is 36.1 Å². The van der Waals surface area contributed by atoms with Crippen molar-refractivity contribution in [3.8, 4) is 17.2 Å². The van der Waals surface area contributed by atoms with Crippen LogP contribution in [0.1, 0.15) is 30.0 Å². The SMILES string of the molecule is COc1ccc(C2CCCN2C(=O)COc2ccc(Cl)c(C)c2)cc1OC. The van der Waals surface area contributed by atoms with Crippen molar-refractivity contribution in [3.05, 3.63) is 52.5 Å². The quantitative estimate of drug-likeness (QED) is 0.734. The van der Waals surface area contributed by atoms with Crippen LogP contribution in [0.25, 0.3) is 0 Å². The fourth-order valence-electron chi connectivity index (χ4n) is 3.41. The van der Waals surface area contributed by atoms with Gasteiger partial charge >= 0.3 is 0 Å². The average molecular weight is 390 g/mol. The summed E-state index contributed by atoms with van der Waals surface area (Å²) in [5.74, 6) is 1.97. The lowest BCUT2D eigenvalue weighted by Crippen LogP contribution is -2.34. The zero-order valence-electron chi connectivity index (χ0n) is 15.8. The van der Waals surface area contributed by atoms with Crippen molar-refractivity contribution >= 4 is 17.5 Å². The highest BCUT2D eigenvalue weighted by Gasteiger charge is 2.30. The largest absolute Gasteiger partial charge is 0.493 e. The molecule has 27 heavy (non-hydrogen) atoms. The van der Waals surface area contributed by atoms with Gasteiger partial charge in [-0.3, -0.25) is 4.79 Å². The number of carbonyl (C=O) groups excluding carboxylic acids is 1. The zero-order valence-corrected chi connectivity index (χ0v) is 16.6. The molecule has 2 aromatic carbocycles. The molecule has 0 spiro atoms. The maximum absolute atomic E-state index is 12.8. The molecule has 3 rings (SSSR count). The highest BCUT2D eigenvalue weighted by molar-refractivity contribution is 6.31. The van der Waals surface area contributed by atoms with Crippen LogP contribution in [0.3, 0.4) is 0 Å². The molecule has 1 atom stereocenters. The number of hydrogen-bond acceptors (Lipinski definition) is 4. The second-order valence-corrected chi connectivity index (χ2v) is 6.97. The van der Waals surface area contributed by atoms with Crippen LogP contribution in [-0.2, 0) is 4.79 Å². The van der Waals surface area contributed by atoms with Gasteiger partial charge in [0.05, 0.1) is 20.3 Å². The van der Waals surface area contributed by atoms with E-state index in [4.69, 9.17) is 25.8 Å². The second kappa shape index (κ2) is 8.53. The number of halogens is 1. The number of ether oxygens (including phenoxy) is 3. The lowest BCUT2D eigenvalue weighted by molar-refractivity contribution is -0.134. The Kier molecular flexibility index (Phi) is 6.11. The molecule has 0 N–H and O–H groups in total. The molecule has 0 bridgehead atoms. The van der Waals surface area contributed by atoms with E-state index in [0.717, 1.165) is 30.5 Å². The number of benzene rings is 2. The zero-order chi connectivity index (χ0) is 19.4. The number of likely N-dealkylation sites (tertiary alicyclic amines) is 1. The molecule has 1 aliphatic rings. The van der Waals surface area contributed by atoms with E-state index in [0.29, 0.717) is 22.3 Å². The third-order valence-electron chi connectivity index (χ3n) is 4.86. The normalized spacial score (nSPS) is 16.3. The lowest BCUT2D eigenvalue weighted by atomic mass is 10.0. The van der Waals surface area contributed by atoms with Crippen LogP contribution in [0.15, 0.2) is 36.4 Å². The van der Waals surface area contributed by atoms with E-state index < -0.39 is 0 Å². The number of rotatable bonds is 6. The Morgan fingerprint density at radius 3 is 2.63 bits per heavy atom. The Balaban J connectivity index is 1.70. The van der Waals surface area contributed by atoms with Crippen LogP contribution < -0.4 is 14.2 Å². The van der Waals surface area contributed by atoms with Crippen molar-refractivity contribution < 1.29 is 19.0 Å². The van der Waals surface area contributed by atoms with Gasteiger partial charge < -0.3 is 19.1 Å². The van der Waals surface area contributed by atoms with Crippen LogP contribution in [0.4, 0.5) is 0 Å². The molecule has 0 aliphatic carbocycles. The predicted octanol–water partition coefficient (Wildman–Crippen LogP) is 4.41. The molecule has 0 saturated carbocycles. The summed E-state index contributed by atoms with van der Waals surface area (Å²) in [4.78, 5) is 14.6. The molecule has 1 unspecified atom stereocenters. The first-order chi connectivity index (χ1) is 13.0. The molecule has 6 heteroatoms. The number of aryl methyl sites for hydroxylation is 1. The lowest BCUT2D eigenvalue weighted by Gasteiger charge is -2.25. The van der Waals surface area contributed by atoms with Gasteiger partial charge in [0.2, 0.25) is 0 Å². The van der Waals surface area contributed by atoms with E-state index in [-0.39, 0.29) is 18.6 Å². The number of amides is 1. The minimum absolute atomic E-state index is 0.00482. The summed E-state index contributed by atoms with van der Waals surface area (Å²) in [5.41, 5.74) is 1.96. The van der Waals surface area contributed by atoms with E-state index >= 15 is 0 Å². The third-order valence-corrected chi connectivity index (χ3v) is 5.28. The Labute approximate surface area is 164 Å². The number of hydrogen-bond donors (Lipinski definition) is 0. The maximum Gasteiger partial charge on any atom is 0.261 e. The van der Waals surface area contributed by atoms with Gasteiger partial charge in [0.1, 0.15) is 5.75 Å². The molecular formula is C21H24ClNO4. The van der Waals surface area contributed by atoms with Crippen molar-refractivity contribution in [1.29, 1.82) is 0 Å². The summed E-state index contributed by atoms with van der Waals surface area (Å²) in [7, 11) is 3.22. The van der Waals surface area contributed by atoms with Crippen molar-refractivity contribution in [2.45, 2.75) is 25.8 Å². The fraction of sp³-hybridized carbons (Fsp3) is 0.381. The van der Waals surface area contributed by atoms with Crippen molar-refractivity contribution in [2.24, 2.45) is 0 Å². The summed E-state index contributed by atoms with van der Waals surface area (Å²) in [6.45, 7) is 2.64. The number of carbonyl (C=O) groups is 1. The van der Waals surface area contributed by atoms with Gasteiger partial charge in [0.25, 0.3) is 5.91 Å². The van der Waals surface area contributed by atoms with Crippen molar-refractivity contribution in [3.63, 3.8) is 0 Å². The Morgan fingerprint density at radius 1 is 1.15 bits per heavy atom. The molecule has 5 nitrogen and oxygen atoms in total. The topological polar surface area (TPSA) is 48.0 Å². The smallest absolute Gasteiger partial charge is 0.261 e. The van der Waals surface area contributed by atoms with Crippen LogP contribution in [0, 0.1) is 6.92 Å². The standard InChI is InChI=1S/C21H24ClNO4/c1-14-11-16(7-8-17(14)22)27-13-21(24)23-10-4-5-18(23)15-6-9-19(25-2)20(12-15)26-3/h6-9,11-12,18H,4-5,10,13H2,1-3H3. The molecule has 0 radical (unpaired) electrons. The van der Waals surface area contributed by atoms with Crippen molar-refractivity contribution in [1.82, 2.24) is 4.90 Å². The van der Waals surface area contributed by atoms with Gasteiger partial charge in [-0.25, -0.2) is 0 Å². The van der Waals surface area contributed by atoms with Crippen LogP contribution in [0.5, 0.6) is 17.2 Å². The van der Waals surface area contributed by atoms with Gasteiger partial charge in [-0.15, -0.1) is 0 Å². The predicted molar refractivity (Wildman–Crippen MR) is 105 cm³/mol. The molecule has 0 aromatic heterocycles. The minimum atomic E-state index is -0.0279. The van der Waals surface area contributed by atoms with Gasteiger partial charge in [-0.05, 0) is 61.2 Å². The van der Waals surface area contributed by atoms with Crippen molar-refractivity contribution in [2.75, 3.05) is 27.4 Å². The van der Waals surface area contributed by atoms with Crippen LogP contribution in [-0.4, -0.2) is 38.2 Å². The van der Waals surface area contributed by atoms with Crippen LogP contribution in [0.2, 0.25) is 5.02 Å². The monoisotopic (exact) mass is 389 g/mol. The summed E-state index contributed by atoms with van der Waals surface area (Å²) in [5, 5.41) is 0.682. The molecule has 2 aromatic rings. The molecule has 144 valence electrons. The van der Waals surface area contributed by atoms with E-state index in [1.165, 1.54) is 0 Å². The summed E-state index contributed by atoms with van der Waals surface area (Å²) < 4.78 is 16.4. The third kappa shape index (κ3) is 4.30. The number of nitrogens with zero attached hydrogens (tertiary/aromatic N) is 1. The molecular weight excluding hydrogens is 366 g/mol. The van der Waals surface area contributed by atoms with Gasteiger partial charge in [0.15, 0.2) is 18.1 Å². The van der Waals surface area contributed by atoms with Crippen LogP contribution >= 0.6 is 11.6 Å². The Morgan fingerprint density at radius 2 is 1.93 bits per heavy atom. The second-order valence-electron chi connectivity index (χ2n) is 6.56. The molecule has 1 aliphatic heterocycles. The highest BCUT2D eigenvalue weighted by atomic mass is 35.5. The summed E-state index contributed by atoms with van der Waals surface area (Å²) >= 11 is 6.03. The fourth-order valence-corrected chi connectivity index (χ4v) is 3.52. The minimum Gasteiger partial charge on any atom is -0.493 e. The summed E-state index contributed by atoms with van der Waals surface area (Å²) in [6, 6.07) is 11.2. The first-order valence-electron chi connectivity index (χ1n) is 8.94. The van der Waals surface area contributed by atoms with Gasteiger partial charge in [-0.2, -0.15) is 0 Å². The van der Waals surface area contributed by atoms with E-state index in [1.54, 1.807) is 26.4 Å². The van der Waals surface area contributed by atoms with E-state index in [2.05, 4.69) is 0 Å². The molecule has 1 saturated heterocycles. The number of methoxy groups -OCH3 is 2. The highest BCUT2D eigenvalue weighted by Crippen LogP contribution is 2.37. The Hall–Kier alpha value is -2.40. The molecule has 1 fully saturated rings. The molecule has 1 heterocycles. The average Bonchev–Trinajstić information content (AvgIpc) is 3.18. The van der Waals surface area contributed by atoms with Gasteiger partial charge in [0, 0.05) is 11.6 Å². The maximum atomic E-state index is 12.8. The van der Waals surface area contributed by atoms with E-state index in [9.17, 15) is 4.79 Å². The first-order valence-corrected chi connectivity index (χ1v) is 9.31. The van der Waals surface area contributed by atoms with Gasteiger partial charge in [-0.1, -0.05) is 17.7 Å². The molecule has 1 amide bonds. The first kappa shape index (κ1) is 19.4. The Bertz CT molecular complexity index is 824.